The first-order valence-electron chi connectivity index (χ1n) is 14.9. The van der Waals surface area contributed by atoms with Gasteiger partial charge in [0.05, 0.1) is 5.71 Å². The molecule has 0 aromatic carbocycles. The van der Waals surface area contributed by atoms with E-state index in [1.807, 2.05) is 13.0 Å². The molecule has 1 aliphatic heterocycles. The number of ketones is 1. The molecule has 0 aromatic heterocycles. The van der Waals surface area contributed by atoms with E-state index in [4.69, 9.17) is 22.8 Å². The summed E-state index contributed by atoms with van der Waals surface area (Å²) < 4.78 is 0. The van der Waals surface area contributed by atoms with E-state index in [-0.39, 0.29) is 16.9 Å². The van der Waals surface area contributed by atoms with Crippen LogP contribution in [0.15, 0.2) is 16.8 Å². The summed E-state index contributed by atoms with van der Waals surface area (Å²) in [6.07, 6.45) is 12.0. The van der Waals surface area contributed by atoms with Crippen molar-refractivity contribution in [2.45, 2.75) is 91.0 Å². The molecule has 1 heterocycles. The van der Waals surface area contributed by atoms with Gasteiger partial charge in [0, 0.05) is 49.4 Å². The summed E-state index contributed by atoms with van der Waals surface area (Å²) in [4.78, 5) is 33.3. The predicted molar refractivity (Wildman–Crippen MR) is 154 cm³/mol. The van der Waals surface area contributed by atoms with Crippen LogP contribution in [-0.2, 0) is 9.63 Å². The number of nitrogens with zero attached hydrogens (tertiary/aromatic N) is 2. The third kappa shape index (κ3) is 5.01. The Morgan fingerprint density at radius 2 is 1.97 bits per heavy atom. The second-order valence-corrected chi connectivity index (χ2v) is 13.5. The molecule has 0 bridgehead atoms. The maximum Gasteiger partial charge on any atom is 0.436 e. The average Bonchev–Trinajstić information content (AvgIpc) is 3.47. The van der Waals surface area contributed by atoms with Crippen LogP contribution in [0.1, 0.15) is 85.0 Å². The maximum atomic E-state index is 12.9. The predicted octanol–water partition coefficient (Wildman–Crippen LogP) is 5.03. The molecule has 4 aliphatic carbocycles. The SMILES string of the molecule is C/C(=N\OC(=O)N(CCN)CCC1NCCC1=S)[C@H]1CC[C@H]2[C@@H]3CCC4=CC(=O)CC[C@]4(C)[C@H]3CC[C@]12C. The first-order valence-corrected chi connectivity index (χ1v) is 15.3. The lowest BCUT2D eigenvalue weighted by Gasteiger charge is -2.58. The summed E-state index contributed by atoms with van der Waals surface area (Å²) >= 11 is 5.44. The number of hydrogen-bond donors (Lipinski definition) is 2. The van der Waals surface area contributed by atoms with Crippen molar-refractivity contribution in [2.24, 2.45) is 45.4 Å². The van der Waals surface area contributed by atoms with E-state index in [0.29, 0.717) is 55.5 Å². The molecule has 7 atom stereocenters. The summed E-state index contributed by atoms with van der Waals surface area (Å²) in [6.45, 7) is 9.23. The summed E-state index contributed by atoms with van der Waals surface area (Å²) in [5, 5.41) is 7.83. The Labute approximate surface area is 233 Å². The van der Waals surface area contributed by atoms with Gasteiger partial charge in [0.25, 0.3) is 0 Å². The zero-order valence-corrected chi connectivity index (χ0v) is 24.3. The number of nitrogens with one attached hydrogen (secondary N) is 1. The van der Waals surface area contributed by atoms with Crippen LogP contribution in [0.5, 0.6) is 0 Å². The zero-order chi connectivity index (χ0) is 27.1. The van der Waals surface area contributed by atoms with Crippen LogP contribution < -0.4 is 11.1 Å². The van der Waals surface area contributed by atoms with Gasteiger partial charge in [-0.05, 0) is 99.4 Å². The van der Waals surface area contributed by atoms with Gasteiger partial charge in [-0.1, -0.05) is 36.8 Å². The van der Waals surface area contributed by atoms with Crippen LogP contribution >= 0.6 is 12.2 Å². The number of nitrogens with two attached hydrogens (primary N) is 1. The first-order chi connectivity index (χ1) is 18.2. The number of hydrogen-bond acceptors (Lipinski definition) is 7. The number of carbonyl (C=O) groups excluding carboxylic acids is 2. The Morgan fingerprint density at radius 3 is 2.71 bits per heavy atom. The van der Waals surface area contributed by atoms with Gasteiger partial charge in [0.15, 0.2) is 5.78 Å². The van der Waals surface area contributed by atoms with Gasteiger partial charge < -0.3 is 16.0 Å². The minimum absolute atomic E-state index is 0.177. The van der Waals surface area contributed by atoms with Crippen molar-refractivity contribution < 1.29 is 14.4 Å². The number of amides is 1. The highest BCUT2D eigenvalue weighted by Gasteiger charge is 2.59. The third-order valence-corrected chi connectivity index (χ3v) is 11.7. The molecule has 7 nitrogen and oxygen atoms in total. The minimum atomic E-state index is -0.423. The van der Waals surface area contributed by atoms with Crippen molar-refractivity contribution in [3.63, 3.8) is 0 Å². The lowest BCUT2D eigenvalue weighted by Crippen LogP contribution is -2.51. The molecule has 0 spiro atoms. The Morgan fingerprint density at radius 1 is 1.16 bits per heavy atom. The van der Waals surface area contributed by atoms with Crippen LogP contribution in [0.3, 0.4) is 0 Å². The first kappa shape index (κ1) is 27.9. The fraction of sp³-hybridized carbons (Fsp3) is 0.800. The summed E-state index contributed by atoms with van der Waals surface area (Å²) in [5.74, 6) is 2.71. The molecule has 1 unspecified atom stereocenters. The van der Waals surface area contributed by atoms with Crippen LogP contribution in [0, 0.1) is 34.5 Å². The van der Waals surface area contributed by atoms with Crippen molar-refractivity contribution in [3.05, 3.63) is 11.6 Å². The Kier molecular flexibility index (Phi) is 8.14. The lowest BCUT2D eigenvalue weighted by molar-refractivity contribution is -0.117. The van der Waals surface area contributed by atoms with Gasteiger partial charge in [-0.25, -0.2) is 4.79 Å². The highest BCUT2D eigenvalue weighted by Crippen LogP contribution is 2.66. The highest BCUT2D eigenvalue weighted by atomic mass is 32.1. The normalized spacial score (nSPS) is 38.8. The van der Waals surface area contributed by atoms with E-state index >= 15 is 0 Å². The molecule has 38 heavy (non-hydrogen) atoms. The largest absolute Gasteiger partial charge is 0.436 e. The molecule has 0 aromatic rings. The van der Waals surface area contributed by atoms with Crippen LogP contribution in [0.4, 0.5) is 4.79 Å². The number of thiocarbonyl (C=S) groups is 1. The second-order valence-electron chi connectivity index (χ2n) is 13.0. The minimum Gasteiger partial charge on any atom is -0.329 e. The lowest BCUT2D eigenvalue weighted by atomic mass is 9.46. The molecular formula is C30H46N4O3S. The highest BCUT2D eigenvalue weighted by molar-refractivity contribution is 7.80. The smallest absolute Gasteiger partial charge is 0.329 e. The van der Waals surface area contributed by atoms with E-state index in [2.05, 4.69) is 24.3 Å². The average molecular weight is 543 g/mol. The van der Waals surface area contributed by atoms with Crippen LogP contribution in [0.25, 0.3) is 0 Å². The number of oxime groups is 1. The van der Waals surface area contributed by atoms with Crippen LogP contribution in [0.2, 0.25) is 0 Å². The van der Waals surface area contributed by atoms with Gasteiger partial charge in [-0.3, -0.25) is 9.63 Å². The van der Waals surface area contributed by atoms with Gasteiger partial charge in [0.2, 0.25) is 0 Å². The molecule has 3 N–H and O–H groups in total. The molecule has 1 amide bonds. The topological polar surface area (TPSA) is 97.0 Å². The second kappa shape index (κ2) is 11.1. The van der Waals surface area contributed by atoms with Gasteiger partial charge in [-0.2, -0.15) is 0 Å². The maximum absolute atomic E-state index is 12.9. The molecule has 3 saturated carbocycles. The van der Waals surface area contributed by atoms with Gasteiger partial charge in [-0.15, -0.1) is 0 Å². The Hall–Kier alpha value is -1.64. The molecule has 5 aliphatic rings. The standard InChI is InChI=1S/C30H46N4O3S/c1-19(33-37-28(36)34(17-14-31)16-11-26-27(38)10-15-32-26)23-6-7-24-22-5-4-20-18-21(35)8-12-29(20,2)25(22)9-13-30(23,24)3/h18,22-26,32H,4-17,31H2,1-3H3/b33-19+/t22-,23+,24-,25-,26?,29-,30+/m0/s1. The number of fused-ring (bicyclic) bond motifs is 5. The molecule has 210 valence electrons. The summed E-state index contributed by atoms with van der Waals surface area (Å²) in [6, 6.07) is 0.177. The molecule has 5 rings (SSSR count). The van der Waals surface area contributed by atoms with Crippen molar-refractivity contribution >= 4 is 34.7 Å². The summed E-state index contributed by atoms with van der Waals surface area (Å²) in [7, 11) is 0. The molecule has 4 fully saturated rings. The van der Waals surface area contributed by atoms with Crippen molar-refractivity contribution in [1.82, 2.24) is 10.2 Å². The molecule has 8 heteroatoms. The van der Waals surface area contributed by atoms with Gasteiger partial charge >= 0.3 is 6.09 Å². The Balaban J connectivity index is 1.23. The van der Waals surface area contributed by atoms with E-state index in [9.17, 15) is 9.59 Å². The third-order valence-electron chi connectivity index (χ3n) is 11.2. The van der Waals surface area contributed by atoms with E-state index in [1.54, 1.807) is 4.90 Å². The quantitative estimate of drug-likeness (QED) is 0.203. The van der Waals surface area contributed by atoms with Crippen LogP contribution in [-0.4, -0.2) is 59.6 Å². The molecular weight excluding hydrogens is 496 g/mol. The monoisotopic (exact) mass is 542 g/mol. The van der Waals surface area contributed by atoms with E-state index in [0.717, 1.165) is 49.2 Å². The fourth-order valence-electron chi connectivity index (χ4n) is 9.13. The van der Waals surface area contributed by atoms with Gasteiger partial charge in [0.1, 0.15) is 0 Å². The van der Waals surface area contributed by atoms with E-state index < -0.39 is 6.09 Å². The zero-order valence-electron chi connectivity index (χ0n) is 23.5. The van der Waals surface area contributed by atoms with Crippen molar-refractivity contribution in [2.75, 3.05) is 26.2 Å². The number of rotatable bonds is 7. The Bertz CT molecular complexity index is 1030. The van der Waals surface area contributed by atoms with Crippen molar-refractivity contribution in [3.8, 4) is 0 Å². The fourth-order valence-corrected chi connectivity index (χ4v) is 9.44. The number of carbonyl (C=O) groups is 2. The summed E-state index contributed by atoms with van der Waals surface area (Å²) in [5.41, 5.74) is 8.53. The van der Waals surface area contributed by atoms with Crippen molar-refractivity contribution in [1.29, 1.82) is 0 Å². The number of allylic oxidation sites excluding steroid dienone is 1. The molecule has 1 saturated heterocycles. The van der Waals surface area contributed by atoms with E-state index in [1.165, 1.54) is 31.3 Å². The molecule has 0 radical (unpaired) electrons.